The lowest BCUT2D eigenvalue weighted by Gasteiger charge is -2.34. The Bertz CT molecular complexity index is 189. The van der Waals surface area contributed by atoms with Crippen LogP contribution in [0.15, 0.2) is 0 Å². The molecule has 2 heteroatoms. The summed E-state index contributed by atoms with van der Waals surface area (Å²) >= 11 is 0. The molecule has 0 amide bonds. The summed E-state index contributed by atoms with van der Waals surface area (Å²) in [4.78, 5) is 2.59. The maximum absolute atomic E-state index is 9.35. The topological polar surface area (TPSA) is 23.5 Å². The van der Waals surface area contributed by atoms with Crippen molar-refractivity contribution in [1.82, 2.24) is 4.90 Å². The van der Waals surface area contributed by atoms with Gasteiger partial charge < -0.3 is 5.11 Å². The lowest BCUT2D eigenvalue weighted by atomic mass is 9.97. The van der Waals surface area contributed by atoms with Gasteiger partial charge in [-0.3, -0.25) is 4.90 Å². The summed E-state index contributed by atoms with van der Waals surface area (Å²) in [5, 5.41) is 9.35. The highest BCUT2D eigenvalue weighted by molar-refractivity contribution is 5.02. The second-order valence-corrected chi connectivity index (χ2v) is 4.93. The molecule has 1 saturated carbocycles. The number of hydrogen-bond donors (Lipinski definition) is 1. The minimum absolute atomic E-state index is 0.276. The molecule has 76 valence electrons. The monoisotopic (exact) mass is 183 g/mol. The summed E-state index contributed by atoms with van der Waals surface area (Å²) in [6.45, 7) is 6.24. The van der Waals surface area contributed by atoms with Gasteiger partial charge >= 0.3 is 0 Å². The van der Waals surface area contributed by atoms with Crippen LogP contribution in [0.25, 0.3) is 0 Å². The van der Waals surface area contributed by atoms with Gasteiger partial charge in [-0.2, -0.15) is 0 Å². The first-order valence-electron chi connectivity index (χ1n) is 5.56. The normalized spacial score (nSPS) is 34.8. The second kappa shape index (κ2) is 3.25. The molecule has 2 atom stereocenters. The molecule has 2 aliphatic rings. The predicted molar refractivity (Wildman–Crippen MR) is 53.6 cm³/mol. The van der Waals surface area contributed by atoms with Gasteiger partial charge in [-0.25, -0.2) is 0 Å². The van der Waals surface area contributed by atoms with E-state index in [9.17, 15) is 5.11 Å². The van der Waals surface area contributed by atoms with Crippen molar-refractivity contribution in [2.45, 2.75) is 51.6 Å². The standard InChI is InChI=1S/C11H21NO/c1-9-4-3-7-12(9)10(2)11(8-13)5-6-11/h9-10,13H,3-8H2,1-2H3. The minimum atomic E-state index is 0.276. The highest BCUT2D eigenvalue weighted by Crippen LogP contribution is 2.50. The number of aliphatic hydroxyl groups excluding tert-OH is 1. The van der Waals surface area contributed by atoms with Gasteiger partial charge in [-0.15, -0.1) is 0 Å². The Morgan fingerprint density at radius 1 is 1.54 bits per heavy atom. The number of hydrogen-bond acceptors (Lipinski definition) is 2. The lowest BCUT2D eigenvalue weighted by Crippen LogP contribution is -2.42. The molecule has 2 rings (SSSR count). The van der Waals surface area contributed by atoms with Crippen LogP contribution in [-0.2, 0) is 0 Å². The second-order valence-electron chi connectivity index (χ2n) is 4.93. The van der Waals surface area contributed by atoms with Crippen molar-refractivity contribution in [3.8, 4) is 0 Å². The van der Waals surface area contributed by atoms with E-state index in [1.807, 2.05) is 0 Å². The van der Waals surface area contributed by atoms with E-state index in [2.05, 4.69) is 18.7 Å². The molecule has 0 bridgehead atoms. The first-order chi connectivity index (χ1) is 6.19. The molecule has 0 aromatic rings. The molecule has 1 aliphatic heterocycles. The maximum atomic E-state index is 9.35. The average Bonchev–Trinajstić information content (AvgIpc) is 2.83. The van der Waals surface area contributed by atoms with Crippen LogP contribution in [-0.4, -0.2) is 35.2 Å². The fourth-order valence-electron chi connectivity index (χ4n) is 2.75. The Kier molecular flexibility index (Phi) is 2.37. The summed E-state index contributed by atoms with van der Waals surface area (Å²) in [7, 11) is 0. The van der Waals surface area contributed by atoms with Gasteiger partial charge in [0.25, 0.3) is 0 Å². The molecular formula is C11H21NO. The molecule has 2 fully saturated rings. The van der Waals surface area contributed by atoms with Crippen molar-refractivity contribution >= 4 is 0 Å². The summed E-state index contributed by atoms with van der Waals surface area (Å²) in [5.74, 6) is 0. The zero-order valence-electron chi connectivity index (χ0n) is 8.79. The molecule has 0 radical (unpaired) electrons. The summed E-state index contributed by atoms with van der Waals surface area (Å²) in [6.07, 6.45) is 5.14. The van der Waals surface area contributed by atoms with Gasteiger partial charge in [0.05, 0.1) is 6.61 Å². The smallest absolute Gasteiger partial charge is 0.0502 e. The fraction of sp³-hybridized carbons (Fsp3) is 1.00. The third kappa shape index (κ3) is 1.50. The van der Waals surface area contributed by atoms with Crippen LogP contribution in [0.2, 0.25) is 0 Å². The van der Waals surface area contributed by atoms with E-state index in [1.165, 1.54) is 32.2 Å². The molecule has 2 nitrogen and oxygen atoms in total. The minimum Gasteiger partial charge on any atom is -0.396 e. The molecule has 1 aliphatic carbocycles. The van der Waals surface area contributed by atoms with Crippen LogP contribution in [0, 0.1) is 5.41 Å². The SMILES string of the molecule is CC1CCCN1C(C)C1(CO)CC1. The third-order valence-electron chi connectivity index (χ3n) is 4.20. The van der Waals surface area contributed by atoms with E-state index < -0.39 is 0 Å². The number of rotatable bonds is 3. The largest absolute Gasteiger partial charge is 0.396 e. The van der Waals surface area contributed by atoms with E-state index in [1.54, 1.807) is 0 Å². The number of aliphatic hydroxyl groups is 1. The van der Waals surface area contributed by atoms with E-state index in [0.29, 0.717) is 12.6 Å². The van der Waals surface area contributed by atoms with Crippen LogP contribution in [0.1, 0.15) is 39.5 Å². The highest BCUT2D eigenvalue weighted by atomic mass is 16.3. The Labute approximate surface area is 80.9 Å². The predicted octanol–water partition coefficient (Wildman–Crippen LogP) is 1.63. The van der Waals surface area contributed by atoms with Gasteiger partial charge in [0.1, 0.15) is 0 Å². The van der Waals surface area contributed by atoms with Gasteiger partial charge in [0, 0.05) is 17.5 Å². The number of nitrogens with zero attached hydrogens (tertiary/aromatic N) is 1. The summed E-state index contributed by atoms with van der Waals surface area (Å²) in [5.41, 5.74) is 0.276. The van der Waals surface area contributed by atoms with Crippen LogP contribution in [0.3, 0.4) is 0 Å². The van der Waals surface area contributed by atoms with Crippen molar-refractivity contribution < 1.29 is 5.11 Å². The Balaban J connectivity index is 1.99. The zero-order valence-corrected chi connectivity index (χ0v) is 8.79. The molecular weight excluding hydrogens is 162 g/mol. The van der Waals surface area contributed by atoms with E-state index in [-0.39, 0.29) is 5.41 Å². The average molecular weight is 183 g/mol. The molecule has 1 heterocycles. The molecule has 0 spiro atoms. The first-order valence-corrected chi connectivity index (χ1v) is 5.56. The van der Waals surface area contributed by atoms with Crippen LogP contribution in [0.4, 0.5) is 0 Å². The molecule has 1 saturated heterocycles. The van der Waals surface area contributed by atoms with Crippen molar-refractivity contribution in [2.24, 2.45) is 5.41 Å². The van der Waals surface area contributed by atoms with Crippen molar-refractivity contribution in [3.63, 3.8) is 0 Å². The van der Waals surface area contributed by atoms with E-state index in [4.69, 9.17) is 0 Å². The van der Waals surface area contributed by atoms with E-state index in [0.717, 1.165) is 6.04 Å². The maximum Gasteiger partial charge on any atom is 0.0502 e. The lowest BCUT2D eigenvalue weighted by molar-refractivity contribution is 0.0874. The van der Waals surface area contributed by atoms with Gasteiger partial charge in [0.2, 0.25) is 0 Å². The van der Waals surface area contributed by atoms with Crippen LogP contribution < -0.4 is 0 Å². The third-order valence-corrected chi connectivity index (χ3v) is 4.20. The van der Waals surface area contributed by atoms with Gasteiger partial charge in [-0.05, 0) is 46.1 Å². The Hall–Kier alpha value is -0.0800. The van der Waals surface area contributed by atoms with Gasteiger partial charge in [-0.1, -0.05) is 0 Å². The summed E-state index contributed by atoms with van der Waals surface area (Å²) < 4.78 is 0. The van der Waals surface area contributed by atoms with Crippen molar-refractivity contribution in [3.05, 3.63) is 0 Å². The number of likely N-dealkylation sites (tertiary alicyclic amines) is 1. The molecule has 0 aromatic heterocycles. The Morgan fingerprint density at radius 2 is 2.23 bits per heavy atom. The van der Waals surface area contributed by atoms with Crippen molar-refractivity contribution in [1.29, 1.82) is 0 Å². The highest BCUT2D eigenvalue weighted by Gasteiger charge is 2.50. The van der Waals surface area contributed by atoms with Crippen LogP contribution >= 0.6 is 0 Å². The fourth-order valence-corrected chi connectivity index (χ4v) is 2.75. The molecule has 0 aromatic carbocycles. The summed E-state index contributed by atoms with van der Waals surface area (Å²) in [6, 6.07) is 1.33. The quantitative estimate of drug-likeness (QED) is 0.719. The van der Waals surface area contributed by atoms with Crippen molar-refractivity contribution in [2.75, 3.05) is 13.2 Å². The first kappa shape index (κ1) is 9.47. The molecule has 1 N–H and O–H groups in total. The molecule has 13 heavy (non-hydrogen) atoms. The van der Waals surface area contributed by atoms with E-state index >= 15 is 0 Å². The zero-order chi connectivity index (χ0) is 9.47. The van der Waals surface area contributed by atoms with Crippen LogP contribution in [0.5, 0.6) is 0 Å². The molecule has 2 unspecified atom stereocenters. The van der Waals surface area contributed by atoms with Gasteiger partial charge in [0.15, 0.2) is 0 Å². The Morgan fingerprint density at radius 3 is 2.62 bits per heavy atom.